The van der Waals surface area contributed by atoms with Crippen LogP contribution in [0.5, 0.6) is 0 Å². The number of anilines is 2. The molecule has 0 aliphatic heterocycles. The number of carbonyl (C=O) groups excluding carboxylic acids is 2. The van der Waals surface area contributed by atoms with Gasteiger partial charge in [-0.2, -0.15) is 0 Å². The number of sulfonamides is 1. The average Bonchev–Trinajstić information content (AvgIpc) is 2.69. The topological polar surface area (TPSA) is 104 Å². The Morgan fingerprint density at radius 1 is 1.06 bits per heavy atom. The molecule has 2 amide bonds. The van der Waals surface area contributed by atoms with Crippen molar-refractivity contribution < 1.29 is 18.0 Å². The molecule has 7 nitrogen and oxygen atoms in total. The molecule has 1 fully saturated rings. The molecule has 0 aromatic heterocycles. The van der Waals surface area contributed by atoms with Crippen molar-refractivity contribution in [2.75, 3.05) is 16.6 Å². The smallest absolute Gasteiger partial charge is 0.263 e. The molecule has 0 bridgehead atoms. The Labute approximate surface area is 196 Å². The number of carbonyl (C=O) groups is 2. The molecule has 8 heteroatoms. The highest BCUT2D eigenvalue weighted by molar-refractivity contribution is 7.92. The van der Waals surface area contributed by atoms with E-state index in [0.717, 1.165) is 36.8 Å². The molecule has 0 spiro atoms. The zero-order valence-corrected chi connectivity index (χ0v) is 20.5. The van der Waals surface area contributed by atoms with Crippen LogP contribution in [-0.2, 0) is 25.0 Å². The molecule has 0 atom stereocenters. The minimum atomic E-state index is -3.93. The summed E-state index contributed by atoms with van der Waals surface area (Å²) in [6, 6.07) is 11.8. The van der Waals surface area contributed by atoms with Gasteiger partial charge in [0.2, 0.25) is 11.8 Å². The fraction of sp³-hybridized carbons (Fsp3) is 0.440. The van der Waals surface area contributed by atoms with Crippen LogP contribution in [0.1, 0.15) is 57.6 Å². The van der Waals surface area contributed by atoms with E-state index in [1.807, 2.05) is 12.1 Å². The van der Waals surface area contributed by atoms with Gasteiger partial charge < -0.3 is 10.6 Å². The second-order valence-electron chi connectivity index (χ2n) is 9.24. The zero-order valence-electron chi connectivity index (χ0n) is 19.7. The molecule has 0 radical (unpaired) electrons. The molecule has 2 aromatic rings. The normalized spacial score (nSPS) is 14.9. The van der Waals surface area contributed by atoms with Crippen molar-refractivity contribution in [3.63, 3.8) is 0 Å². The van der Waals surface area contributed by atoms with Gasteiger partial charge in [-0.05, 0) is 67.5 Å². The molecule has 1 aliphatic carbocycles. The summed E-state index contributed by atoms with van der Waals surface area (Å²) in [5.74, 6) is 0.217. The molecule has 0 heterocycles. The van der Waals surface area contributed by atoms with E-state index in [2.05, 4.69) is 29.2 Å². The van der Waals surface area contributed by atoms with Crippen LogP contribution < -0.4 is 15.4 Å². The van der Waals surface area contributed by atoms with Crippen LogP contribution in [0.25, 0.3) is 0 Å². The van der Waals surface area contributed by atoms with Crippen LogP contribution in [0, 0.1) is 12.8 Å². The first kappa shape index (κ1) is 24.8. The second-order valence-corrected chi connectivity index (χ2v) is 10.9. The quantitative estimate of drug-likeness (QED) is 0.506. The van der Waals surface area contributed by atoms with Crippen molar-refractivity contribution in [3.05, 3.63) is 53.6 Å². The fourth-order valence-electron chi connectivity index (χ4n) is 4.03. The number of aryl methyl sites for hydroxylation is 1. The monoisotopic (exact) mass is 471 g/mol. The Kier molecular flexibility index (Phi) is 7.47. The number of hydrogen-bond acceptors (Lipinski definition) is 4. The van der Waals surface area contributed by atoms with Crippen molar-refractivity contribution in [2.45, 2.75) is 63.7 Å². The maximum atomic E-state index is 13.1. The largest absolute Gasteiger partial charge is 0.355 e. The number of nitrogens with one attached hydrogen (secondary N) is 3. The highest BCUT2D eigenvalue weighted by Crippen LogP contribution is 2.44. The molecule has 3 rings (SSSR count). The Bertz CT molecular complexity index is 1120. The summed E-state index contributed by atoms with van der Waals surface area (Å²) in [6.45, 7) is 8.03. The van der Waals surface area contributed by atoms with E-state index in [4.69, 9.17) is 0 Å². The first-order valence-electron chi connectivity index (χ1n) is 11.3. The van der Waals surface area contributed by atoms with Gasteiger partial charge in [0.1, 0.15) is 4.90 Å². The minimum Gasteiger partial charge on any atom is -0.355 e. The maximum absolute atomic E-state index is 13.1. The number of amides is 2. The second kappa shape index (κ2) is 9.95. The molecule has 0 unspecified atom stereocenters. The molecule has 1 saturated carbocycles. The third-order valence-corrected chi connectivity index (χ3v) is 7.50. The average molecular weight is 472 g/mol. The lowest BCUT2D eigenvalue weighted by molar-refractivity contribution is -0.130. The summed E-state index contributed by atoms with van der Waals surface area (Å²) in [6.07, 6.45) is 3.50. The van der Waals surface area contributed by atoms with Crippen molar-refractivity contribution in [2.24, 2.45) is 5.92 Å². The molecular formula is C25H33N3O4S. The summed E-state index contributed by atoms with van der Waals surface area (Å²) < 4.78 is 28.7. The van der Waals surface area contributed by atoms with E-state index < -0.39 is 15.4 Å². The predicted molar refractivity (Wildman–Crippen MR) is 131 cm³/mol. The van der Waals surface area contributed by atoms with Gasteiger partial charge in [-0.1, -0.05) is 38.5 Å². The maximum Gasteiger partial charge on any atom is 0.263 e. The lowest BCUT2D eigenvalue weighted by Crippen LogP contribution is -2.49. The van der Waals surface area contributed by atoms with Crippen molar-refractivity contribution in [1.82, 2.24) is 5.32 Å². The summed E-state index contributed by atoms with van der Waals surface area (Å²) in [4.78, 5) is 24.4. The molecule has 3 N–H and O–H groups in total. The van der Waals surface area contributed by atoms with Gasteiger partial charge in [0.05, 0.1) is 11.1 Å². The minimum absolute atomic E-state index is 0.00164. The molecule has 33 heavy (non-hydrogen) atoms. The van der Waals surface area contributed by atoms with E-state index in [-0.39, 0.29) is 22.4 Å². The first-order valence-corrected chi connectivity index (χ1v) is 12.8. The zero-order chi connectivity index (χ0) is 24.2. The molecule has 178 valence electrons. The Morgan fingerprint density at radius 2 is 1.73 bits per heavy atom. The molecule has 0 saturated heterocycles. The number of hydrogen-bond donors (Lipinski definition) is 3. The van der Waals surface area contributed by atoms with E-state index in [0.29, 0.717) is 18.2 Å². The fourth-order valence-corrected chi connectivity index (χ4v) is 5.34. The van der Waals surface area contributed by atoms with Gasteiger partial charge in [0.25, 0.3) is 10.0 Å². The predicted octanol–water partition coefficient (Wildman–Crippen LogP) is 4.34. The van der Waals surface area contributed by atoms with Gasteiger partial charge in [0.15, 0.2) is 0 Å². The summed E-state index contributed by atoms with van der Waals surface area (Å²) in [5.41, 5.74) is 1.74. The third kappa shape index (κ3) is 5.74. The standard InChI is InChI=1S/C25H33N3O4S/c1-17(2)12-15-26-24(30)25(13-5-14-25)20-7-9-21(10-8-20)28-33(31,32)23-16-18(3)6-11-22(23)27-19(4)29/h6-11,16-17,28H,5,12-15H2,1-4H3,(H,26,30)(H,27,29). The van der Waals surface area contributed by atoms with Gasteiger partial charge in [0, 0.05) is 19.2 Å². The van der Waals surface area contributed by atoms with E-state index in [9.17, 15) is 18.0 Å². The van der Waals surface area contributed by atoms with Crippen LogP contribution in [0.4, 0.5) is 11.4 Å². The van der Waals surface area contributed by atoms with Gasteiger partial charge in [-0.25, -0.2) is 8.42 Å². The van der Waals surface area contributed by atoms with Gasteiger partial charge in [-0.3, -0.25) is 14.3 Å². The molecular weight excluding hydrogens is 438 g/mol. The van der Waals surface area contributed by atoms with Gasteiger partial charge in [-0.15, -0.1) is 0 Å². The summed E-state index contributed by atoms with van der Waals surface area (Å²) in [5, 5.41) is 5.64. The Morgan fingerprint density at radius 3 is 2.27 bits per heavy atom. The Hall–Kier alpha value is -2.87. The van der Waals surface area contributed by atoms with E-state index >= 15 is 0 Å². The van der Waals surface area contributed by atoms with Gasteiger partial charge >= 0.3 is 0 Å². The SMILES string of the molecule is CC(=O)Nc1ccc(C)cc1S(=O)(=O)Nc1ccc(C2(C(=O)NCCC(C)C)CCC2)cc1. The first-order chi connectivity index (χ1) is 15.5. The van der Waals surface area contributed by atoms with Crippen LogP contribution in [0.2, 0.25) is 0 Å². The number of benzene rings is 2. The summed E-state index contributed by atoms with van der Waals surface area (Å²) in [7, 11) is -3.93. The van der Waals surface area contributed by atoms with Crippen LogP contribution >= 0.6 is 0 Å². The van der Waals surface area contributed by atoms with Crippen LogP contribution in [0.3, 0.4) is 0 Å². The summed E-state index contributed by atoms with van der Waals surface area (Å²) >= 11 is 0. The lowest BCUT2D eigenvalue weighted by atomic mass is 9.63. The number of rotatable bonds is 9. The van der Waals surface area contributed by atoms with Crippen LogP contribution in [-0.4, -0.2) is 26.8 Å². The Balaban J connectivity index is 1.79. The van der Waals surface area contributed by atoms with E-state index in [1.165, 1.54) is 13.0 Å². The highest BCUT2D eigenvalue weighted by atomic mass is 32.2. The van der Waals surface area contributed by atoms with Crippen molar-refractivity contribution >= 4 is 33.2 Å². The van der Waals surface area contributed by atoms with Crippen molar-refractivity contribution in [1.29, 1.82) is 0 Å². The molecule has 1 aliphatic rings. The highest BCUT2D eigenvalue weighted by Gasteiger charge is 2.45. The van der Waals surface area contributed by atoms with Crippen molar-refractivity contribution in [3.8, 4) is 0 Å². The van der Waals surface area contributed by atoms with E-state index in [1.54, 1.807) is 31.2 Å². The third-order valence-electron chi connectivity index (χ3n) is 6.08. The van der Waals surface area contributed by atoms with Crippen LogP contribution in [0.15, 0.2) is 47.4 Å². The molecule has 2 aromatic carbocycles. The lowest BCUT2D eigenvalue weighted by Gasteiger charge is -2.41.